The molecule has 3 N–H and O–H groups in total. The molecule has 0 unspecified atom stereocenters. The second kappa shape index (κ2) is 10.4. The average molecular weight is 481 g/mol. The zero-order valence-electron chi connectivity index (χ0n) is 19.5. The Bertz CT molecular complexity index is 1250. The number of carbonyl (C=O) groups excluding carboxylic acids is 2. The van der Waals surface area contributed by atoms with Gasteiger partial charge in [0.25, 0.3) is 11.8 Å². The maximum Gasteiger partial charge on any atom is 0.278 e. The highest BCUT2D eigenvalue weighted by Crippen LogP contribution is 2.38. The number of methoxy groups -OCH3 is 1. The van der Waals surface area contributed by atoms with Gasteiger partial charge >= 0.3 is 0 Å². The first kappa shape index (κ1) is 24.0. The van der Waals surface area contributed by atoms with Gasteiger partial charge in [0.15, 0.2) is 11.6 Å². The molecule has 11 heteroatoms. The number of carbonyl (C=O) groups is 2. The van der Waals surface area contributed by atoms with Gasteiger partial charge in [-0.3, -0.25) is 19.4 Å². The minimum atomic E-state index is -0.589. The van der Waals surface area contributed by atoms with Crippen LogP contribution in [0.1, 0.15) is 46.2 Å². The molecule has 0 saturated heterocycles. The second-order valence-corrected chi connectivity index (χ2v) is 7.97. The number of benzene rings is 1. The van der Waals surface area contributed by atoms with Crippen LogP contribution in [0.4, 0.5) is 15.8 Å². The summed E-state index contributed by atoms with van der Waals surface area (Å²) in [5, 5.41) is 5.87. The van der Waals surface area contributed by atoms with Crippen molar-refractivity contribution in [2.24, 2.45) is 0 Å². The summed E-state index contributed by atoms with van der Waals surface area (Å²) in [6, 6.07) is 4.02. The smallest absolute Gasteiger partial charge is 0.278 e. The Morgan fingerprint density at radius 1 is 1.06 bits per heavy atom. The van der Waals surface area contributed by atoms with Crippen LogP contribution in [0.5, 0.6) is 5.75 Å². The van der Waals surface area contributed by atoms with Gasteiger partial charge in [0.1, 0.15) is 11.5 Å². The van der Waals surface area contributed by atoms with Crippen LogP contribution >= 0.6 is 0 Å². The van der Waals surface area contributed by atoms with Crippen LogP contribution in [0.3, 0.4) is 0 Å². The molecule has 2 amide bonds. The molecule has 0 radical (unpaired) electrons. The Kier molecular flexibility index (Phi) is 7.16. The van der Waals surface area contributed by atoms with E-state index in [1.54, 1.807) is 19.3 Å². The molecule has 0 spiro atoms. The van der Waals surface area contributed by atoms with E-state index < -0.39 is 11.7 Å². The largest absolute Gasteiger partial charge is 0.494 e. The van der Waals surface area contributed by atoms with Gasteiger partial charge in [-0.15, -0.1) is 0 Å². The van der Waals surface area contributed by atoms with Gasteiger partial charge in [0, 0.05) is 30.7 Å². The molecular formula is C24H25FN6O4. The van der Waals surface area contributed by atoms with Crippen molar-refractivity contribution < 1.29 is 23.6 Å². The molecule has 1 aliphatic carbocycles. The number of nitrogens with zero attached hydrogens (tertiary/aromatic N) is 3. The molecule has 0 bridgehead atoms. The van der Waals surface area contributed by atoms with Gasteiger partial charge in [0.05, 0.1) is 36.2 Å². The highest BCUT2D eigenvalue weighted by atomic mass is 19.1. The van der Waals surface area contributed by atoms with E-state index in [2.05, 4.69) is 31.1 Å². The van der Waals surface area contributed by atoms with Crippen LogP contribution in [-0.2, 0) is 4.84 Å². The van der Waals surface area contributed by atoms with Gasteiger partial charge in [-0.05, 0) is 44.4 Å². The predicted molar refractivity (Wildman–Crippen MR) is 126 cm³/mol. The Balaban J connectivity index is 1.76. The summed E-state index contributed by atoms with van der Waals surface area (Å²) in [7, 11) is 1.43. The topological polar surface area (TPSA) is 127 Å². The average Bonchev–Trinajstić information content (AvgIpc) is 3.66. The molecule has 4 rings (SSSR count). The molecule has 2 aromatic heterocycles. The highest BCUT2D eigenvalue weighted by molar-refractivity contribution is 6.02. The quantitative estimate of drug-likeness (QED) is 0.398. The Morgan fingerprint density at radius 3 is 2.46 bits per heavy atom. The van der Waals surface area contributed by atoms with Gasteiger partial charge in [0.2, 0.25) is 0 Å². The SMILES string of the molecule is CCONC(=O)c1cnc(C(=O)NC2CC2)cc1Nc1cc(F)cc(-c2ncc(C)cn2)c1OC. The number of hydrogen-bond donors (Lipinski definition) is 3. The minimum Gasteiger partial charge on any atom is -0.494 e. The van der Waals surface area contributed by atoms with Gasteiger partial charge in [-0.2, -0.15) is 0 Å². The molecule has 1 saturated carbocycles. The van der Waals surface area contributed by atoms with E-state index in [0.29, 0.717) is 5.56 Å². The number of amides is 2. The molecule has 0 atom stereocenters. The lowest BCUT2D eigenvalue weighted by atomic mass is 10.1. The predicted octanol–water partition coefficient (Wildman–Crippen LogP) is 3.31. The first-order valence-corrected chi connectivity index (χ1v) is 11.1. The number of rotatable bonds is 9. The summed E-state index contributed by atoms with van der Waals surface area (Å²) < 4.78 is 20.2. The van der Waals surface area contributed by atoms with Crippen molar-refractivity contribution in [2.75, 3.05) is 19.0 Å². The van der Waals surface area contributed by atoms with Gasteiger partial charge < -0.3 is 15.4 Å². The summed E-state index contributed by atoms with van der Waals surface area (Å²) in [6.45, 7) is 3.81. The molecule has 182 valence electrons. The lowest BCUT2D eigenvalue weighted by molar-refractivity contribution is 0.0365. The van der Waals surface area contributed by atoms with Crippen molar-refractivity contribution in [3.63, 3.8) is 0 Å². The van der Waals surface area contributed by atoms with Crippen molar-refractivity contribution in [1.82, 2.24) is 25.7 Å². The Hall–Kier alpha value is -4.12. The number of hydroxylamine groups is 1. The van der Waals surface area contributed by atoms with E-state index in [1.165, 1.54) is 31.5 Å². The summed E-state index contributed by atoms with van der Waals surface area (Å²) in [4.78, 5) is 42.9. The number of anilines is 2. The number of ether oxygens (including phenoxy) is 1. The van der Waals surface area contributed by atoms with E-state index in [1.807, 2.05) is 6.92 Å². The summed E-state index contributed by atoms with van der Waals surface area (Å²) in [5.41, 5.74) is 4.07. The maximum absolute atomic E-state index is 14.7. The van der Waals surface area contributed by atoms with Crippen molar-refractivity contribution >= 4 is 23.2 Å². The van der Waals surface area contributed by atoms with Crippen molar-refractivity contribution in [3.05, 3.63) is 59.4 Å². The minimum absolute atomic E-state index is 0.0841. The number of halogens is 1. The van der Waals surface area contributed by atoms with Gasteiger partial charge in [-0.25, -0.2) is 19.8 Å². The molecule has 1 aliphatic rings. The normalized spacial score (nSPS) is 12.7. The fraction of sp³-hybridized carbons (Fsp3) is 0.292. The van der Waals surface area contributed by atoms with Crippen LogP contribution < -0.4 is 20.9 Å². The van der Waals surface area contributed by atoms with Crippen molar-refractivity contribution in [1.29, 1.82) is 0 Å². The second-order valence-electron chi connectivity index (χ2n) is 7.97. The van der Waals surface area contributed by atoms with Gasteiger partial charge in [-0.1, -0.05) is 0 Å². The standard InChI is InChI=1S/C24H25FN6O4/c1-4-35-31-23(32)17-12-26-20(24(33)29-15-5-6-15)9-18(17)30-19-8-14(25)7-16(21(19)34-3)22-27-10-13(2)11-28-22/h7-12,15H,4-6H2,1-3H3,(H,26,30)(H,29,33)(H,31,32). The molecular weight excluding hydrogens is 455 g/mol. The van der Waals surface area contributed by atoms with E-state index in [4.69, 9.17) is 9.57 Å². The van der Waals surface area contributed by atoms with Crippen LogP contribution in [0.2, 0.25) is 0 Å². The zero-order valence-corrected chi connectivity index (χ0v) is 19.5. The van der Waals surface area contributed by atoms with Crippen LogP contribution in [0.25, 0.3) is 11.4 Å². The molecule has 1 fully saturated rings. The van der Waals surface area contributed by atoms with Crippen LogP contribution in [0.15, 0.2) is 36.8 Å². The molecule has 3 aromatic rings. The highest BCUT2D eigenvalue weighted by Gasteiger charge is 2.26. The number of pyridine rings is 1. The zero-order chi connectivity index (χ0) is 24.9. The Morgan fingerprint density at radius 2 is 1.80 bits per heavy atom. The van der Waals surface area contributed by atoms with E-state index in [9.17, 15) is 14.0 Å². The van der Waals surface area contributed by atoms with Crippen LogP contribution in [0, 0.1) is 12.7 Å². The van der Waals surface area contributed by atoms with Crippen molar-refractivity contribution in [2.45, 2.75) is 32.7 Å². The third-order valence-corrected chi connectivity index (χ3v) is 5.15. The maximum atomic E-state index is 14.7. The lowest BCUT2D eigenvalue weighted by Crippen LogP contribution is -2.28. The van der Waals surface area contributed by atoms with Crippen LogP contribution in [-0.4, -0.2) is 46.5 Å². The first-order chi connectivity index (χ1) is 16.9. The number of aryl methyl sites for hydroxylation is 1. The monoisotopic (exact) mass is 480 g/mol. The number of hydrogen-bond acceptors (Lipinski definition) is 8. The molecule has 1 aromatic carbocycles. The van der Waals surface area contributed by atoms with E-state index in [-0.39, 0.29) is 52.8 Å². The third kappa shape index (κ3) is 5.69. The molecule has 0 aliphatic heterocycles. The molecule has 2 heterocycles. The Labute approximate surface area is 201 Å². The first-order valence-electron chi connectivity index (χ1n) is 11.1. The van der Waals surface area contributed by atoms with Crippen molar-refractivity contribution in [3.8, 4) is 17.1 Å². The summed E-state index contributed by atoms with van der Waals surface area (Å²) in [6.07, 6.45) is 6.31. The summed E-state index contributed by atoms with van der Waals surface area (Å²) >= 11 is 0. The summed E-state index contributed by atoms with van der Waals surface area (Å²) in [5.74, 6) is -1.01. The fourth-order valence-electron chi connectivity index (χ4n) is 3.29. The molecule has 35 heavy (non-hydrogen) atoms. The third-order valence-electron chi connectivity index (χ3n) is 5.15. The van der Waals surface area contributed by atoms with E-state index >= 15 is 0 Å². The lowest BCUT2D eigenvalue weighted by Gasteiger charge is -2.17. The van der Waals surface area contributed by atoms with E-state index in [0.717, 1.165) is 18.4 Å². The number of nitrogens with one attached hydrogen (secondary N) is 3. The number of aromatic nitrogens is 3. The fourth-order valence-corrected chi connectivity index (χ4v) is 3.29. The molecule has 10 nitrogen and oxygen atoms in total.